The highest BCUT2D eigenvalue weighted by Crippen LogP contribution is 2.61. The molecule has 0 saturated heterocycles. The van der Waals surface area contributed by atoms with Crippen LogP contribution in [0.15, 0.2) is 16.9 Å². The number of aryl methyl sites for hydroxylation is 1. The highest BCUT2D eigenvalue weighted by molar-refractivity contribution is 5.89. The second-order valence-corrected chi connectivity index (χ2v) is 7.28. The van der Waals surface area contributed by atoms with E-state index >= 15 is 0 Å². The van der Waals surface area contributed by atoms with Crippen molar-refractivity contribution >= 4 is 5.97 Å². The number of aromatic nitrogens is 1. The van der Waals surface area contributed by atoms with Crippen molar-refractivity contribution in [3.05, 3.63) is 33.7 Å². The zero-order valence-corrected chi connectivity index (χ0v) is 13.1. The van der Waals surface area contributed by atoms with Crippen molar-refractivity contribution in [3.8, 4) is 0 Å². The minimum absolute atomic E-state index is 0.0602. The second kappa shape index (κ2) is 4.72. The summed E-state index contributed by atoms with van der Waals surface area (Å²) in [4.78, 5) is 26.7. The maximum Gasteiger partial charge on any atom is 0.344 e. The number of rotatable bonds is 2. The molecule has 0 spiro atoms. The Bertz CT molecular complexity index is 631. The zero-order chi connectivity index (χ0) is 15.4. The summed E-state index contributed by atoms with van der Waals surface area (Å²) in [6.07, 6.45) is 2.10. The third-order valence-corrected chi connectivity index (χ3v) is 5.82. The Kier molecular flexibility index (Phi) is 3.23. The van der Waals surface area contributed by atoms with Gasteiger partial charge in [-0.2, -0.15) is 0 Å². The van der Waals surface area contributed by atoms with Crippen molar-refractivity contribution in [3.63, 3.8) is 0 Å². The number of pyridine rings is 1. The van der Waals surface area contributed by atoms with Crippen molar-refractivity contribution in [2.75, 3.05) is 0 Å². The summed E-state index contributed by atoms with van der Waals surface area (Å²) >= 11 is 0. The standard InChI is InChI=1S/C17H23NO3/c1-9-5-6-12(15(19)18-9)16(20)21-14-8-11-7-13(10(14)2)17(11,3)4/h5-6,10-11,13-14H,7-8H2,1-4H3,(H,18,19)/t10-,11-,13+,14-/m1/s1. The third kappa shape index (κ3) is 2.21. The van der Waals surface area contributed by atoms with Gasteiger partial charge in [-0.3, -0.25) is 4.79 Å². The van der Waals surface area contributed by atoms with Gasteiger partial charge in [-0.15, -0.1) is 0 Å². The Morgan fingerprint density at radius 1 is 1.33 bits per heavy atom. The number of nitrogens with one attached hydrogen (secondary N) is 1. The van der Waals surface area contributed by atoms with Crippen LogP contribution in [0.25, 0.3) is 0 Å². The lowest BCUT2D eigenvalue weighted by Crippen LogP contribution is -2.57. The molecule has 114 valence electrons. The predicted molar refractivity (Wildman–Crippen MR) is 80.2 cm³/mol. The SMILES string of the molecule is Cc1ccc(C(=O)O[C@@H]2C[C@H]3C[C@@H]([C@H]2C)C3(C)C)c(=O)[nH]1. The van der Waals surface area contributed by atoms with Gasteiger partial charge in [0.1, 0.15) is 11.7 Å². The van der Waals surface area contributed by atoms with Crippen LogP contribution in [-0.4, -0.2) is 17.1 Å². The summed E-state index contributed by atoms with van der Waals surface area (Å²) in [6.45, 7) is 8.57. The molecule has 0 amide bonds. The van der Waals surface area contributed by atoms with Gasteiger partial charge in [-0.25, -0.2) is 4.79 Å². The molecule has 3 fully saturated rings. The van der Waals surface area contributed by atoms with E-state index in [1.54, 1.807) is 19.1 Å². The first kappa shape index (κ1) is 14.4. The Labute approximate surface area is 124 Å². The maximum absolute atomic E-state index is 12.2. The summed E-state index contributed by atoms with van der Waals surface area (Å²) < 4.78 is 5.65. The van der Waals surface area contributed by atoms with Crippen LogP contribution >= 0.6 is 0 Å². The molecule has 3 aliphatic carbocycles. The number of fused-ring (bicyclic) bond motifs is 2. The first-order chi connectivity index (χ1) is 9.80. The topological polar surface area (TPSA) is 59.2 Å². The molecule has 4 heteroatoms. The highest BCUT2D eigenvalue weighted by atomic mass is 16.5. The van der Waals surface area contributed by atoms with E-state index in [1.807, 2.05) is 0 Å². The zero-order valence-electron chi connectivity index (χ0n) is 13.1. The quantitative estimate of drug-likeness (QED) is 0.852. The number of hydrogen-bond donors (Lipinski definition) is 1. The van der Waals surface area contributed by atoms with Gasteiger partial charge in [0.05, 0.1) is 0 Å². The van der Waals surface area contributed by atoms with Gasteiger partial charge in [0.15, 0.2) is 0 Å². The summed E-state index contributed by atoms with van der Waals surface area (Å²) in [6, 6.07) is 3.28. The number of H-pyrrole nitrogens is 1. The molecule has 2 bridgehead atoms. The van der Waals surface area contributed by atoms with Crippen LogP contribution in [0.5, 0.6) is 0 Å². The van der Waals surface area contributed by atoms with Gasteiger partial charge in [0, 0.05) is 5.69 Å². The van der Waals surface area contributed by atoms with Crippen molar-refractivity contribution in [2.24, 2.45) is 23.2 Å². The van der Waals surface area contributed by atoms with E-state index in [1.165, 1.54) is 6.42 Å². The number of ether oxygens (including phenoxy) is 1. The predicted octanol–water partition coefficient (Wildman–Crippen LogP) is 2.91. The van der Waals surface area contributed by atoms with E-state index in [2.05, 4.69) is 25.8 Å². The average molecular weight is 289 g/mol. The Morgan fingerprint density at radius 3 is 2.62 bits per heavy atom. The van der Waals surface area contributed by atoms with E-state index in [-0.39, 0.29) is 17.2 Å². The van der Waals surface area contributed by atoms with Gasteiger partial charge >= 0.3 is 5.97 Å². The largest absolute Gasteiger partial charge is 0.458 e. The number of carbonyl (C=O) groups excluding carboxylic acids is 1. The van der Waals surface area contributed by atoms with Crippen LogP contribution in [0, 0.1) is 30.1 Å². The van der Waals surface area contributed by atoms with E-state index in [0.29, 0.717) is 23.2 Å². The molecule has 0 radical (unpaired) electrons. The molecule has 3 saturated carbocycles. The third-order valence-electron chi connectivity index (χ3n) is 5.82. The maximum atomic E-state index is 12.2. The number of carbonyl (C=O) groups is 1. The second-order valence-electron chi connectivity index (χ2n) is 7.28. The number of aromatic amines is 1. The van der Waals surface area contributed by atoms with E-state index < -0.39 is 5.97 Å². The molecule has 1 heterocycles. The summed E-state index contributed by atoms with van der Waals surface area (Å²) in [5.74, 6) is 1.11. The van der Waals surface area contributed by atoms with Crippen LogP contribution in [0.4, 0.5) is 0 Å². The highest BCUT2D eigenvalue weighted by Gasteiger charge is 2.57. The fourth-order valence-electron chi connectivity index (χ4n) is 4.19. The molecule has 1 N–H and O–H groups in total. The lowest BCUT2D eigenvalue weighted by atomic mass is 9.45. The van der Waals surface area contributed by atoms with Gasteiger partial charge in [-0.05, 0) is 55.1 Å². The van der Waals surface area contributed by atoms with Crippen LogP contribution in [0.3, 0.4) is 0 Å². The van der Waals surface area contributed by atoms with Crippen molar-refractivity contribution < 1.29 is 9.53 Å². The van der Waals surface area contributed by atoms with Crippen LogP contribution < -0.4 is 5.56 Å². The average Bonchev–Trinajstić information content (AvgIpc) is 2.40. The first-order valence-corrected chi connectivity index (χ1v) is 7.71. The first-order valence-electron chi connectivity index (χ1n) is 7.71. The van der Waals surface area contributed by atoms with E-state index in [4.69, 9.17) is 4.74 Å². The van der Waals surface area contributed by atoms with Crippen LogP contribution in [0.1, 0.15) is 49.7 Å². The molecular formula is C17H23NO3. The normalized spacial score (nSPS) is 33.1. The Hall–Kier alpha value is -1.58. The van der Waals surface area contributed by atoms with Crippen molar-refractivity contribution in [1.82, 2.24) is 4.98 Å². The Balaban J connectivity index is 1.73. The number of hydrogen-bond acceptors (Lipinski definition) is 3. The van der Waals surface area contributed by atoms with Gasteiger partial charge in [-0.1, -0.05) is 20.8 Å². The van der Waals surface area contributed by atoms with Gasteiger partial charge in [0.25, 0.3) is 5.56 Å². The molecule has 4 rings (SSSR count). The minimum Gasteiger partial charge on any atom is -0.458 e. The molecule has 3 aliphatic rings. The summed E-state index contributed by atoms with van der Waals surface area (Å²) in [5.41, 5.74) is 0.842. The van der Waals surface area contributed by atoms with Crippen LogP contribution in [0.2, 0.25) is 0 Å². The lowest BCUT2D eigenvalue weighted by Gasteiger charge is -2.61. The summed E-state index contributed by atoms with van der Waals surface area (Å²) in [7, 11) is 0. The summed E-state index contributed by atoms with van der Waals surface area (Å²) in [5, 5.41) is 0. The molecule has 0 aliphatic heterocycles. The van der Waals surface area contributed by atoms with Gasteiger partial charge in [0.2, 0.25) is 0 Å². The van der Waals surface area contributed by atoms with E-state index in [0.717, 1.165) is 12.1 Å². The fourth-order valence-corrected chi connectivity index (χ4v) is 4.19. The fraction of sp³-hybridized carbons (Fsp3) is 0.647. The molecule has 4 nitrogen and oxygen atoms in total. The van der Waals surface area contributed by atoms with Gasteiger partial charge < -0.3 is 9.72 Å². The van der Waals surface area contributed by atoms with Crippen molar-refractivity contribution in [2.45, 2.75) is 46.6 Å². The molecular weight excluding hydrogens is 266 g/mol. The molecule has 0 unspecified atom stereocenters. The minimum atomic E-state index is -0.493. The Morgan fingerprint density at radius 2 is 2.05 bits per heavy atom. The molecule has 4 atom stereocenters. The smallest absolute Gasteiger partial charge is 0.344 e. The molecule has 1 aromatic rings. The molecule has 21 heavy (non-hydrogen) atoms. The van der Waals surface area contributed by atoms with E-state index in [9.17, 15) is 9.59 Å². The molecule has 1 aromatic heterocycles. The number of esters is 1. The van der Waals surface area contributed by atoms with Crippen molar-refractivity contribution in [1.29, 1.82) is 0 Å². The van der Waals surface area contributed by atoms with Crippen LogP contribution in [-0.2, 0) is 4.74 Å². The lowest BCUT2D eigenvalue weighted by molar-refractivity contribution is -0.156. The molecule has 0 aromatic carbocycles. The monoisotopic (exact) mass is 289 g/mol.